The van der Waals surface area contributed by atoms with Gasteiger partial charge >= 0.3 is 0 Å². The van der Waals surface area contributed by atoms with Gasteiger partial charge < -0.3 is 9.64 Å². The van der Waals surface area contributed by atoms with E-state index in [4.69, 9.17) is 4.74 Å². The van der Waals surface area contributed by atoms with Gasteiger partial charge in [0.1, 0.15) is 11.1 Å². The van der Waals surface area contributed by atoms with Gasteiger partial charge in [0, 0.05) is 30.7 Å². The summed E-state index contributed by atoms with van der Waals surface area (Å²) in [7, 11) is -3.24. The normalized spacial score (nSPS) is 19.0. The fourth-order valence-electron chi connectivity index (χ4n) is 2.29. The highest BCUT2D eigenvalue weighted by Crippen LogP contribution is 2.21. The lowest BCUT2D eigenvalue weighted by Gasteiger charge is -2.34. The first kappa shape index (κ1) is 17.1. The average molecular weight is 343 g/mol. The molecule has 1 heterocycles. The predicted molar refractivity (Wildman–Crippen MR) is 88.8 cm³/mol. The van der Waals surface area contributed by atoms with Crippen LogP contribution in [0.3, 0.4) is 0 Å². The van der Waals surface area contributed by atoms with E-state index < -0.39 is 15.2 Å². The topological polar surface area (TPSA) is 63.7 Å². The molecular formula is C15H21NO4S2. The van der Waals surface area contributed by atoms with Gasteiger partial charge in [0.25, 0.3) is 0 Å². The number of ether oxygens (including phenoxy) is 1. The minimum Gasteiger partial charge on any atom is -0.494 e. The summed E-state index contributed by atoms with van der Waals surface area (Å²) in [5.74, 6) is 1.93. The summed E-state index contributed by atoms with van der Waals surface area (Å²) < 4.78 is 29.1. The van der Waals surface area contributed by atoms with E-state index in [0.29, 0.717) is 31.7 Å². The summed E-state index contributed by atoms with van der Waals surface area (Å²) in [5.41, 5.74) is 0. The Morgan fingerprint density at radius 3 is 2.77 bits per heavy atom. The number of rotatable bonds is 6. The van der Waals surface area contributed by atoms with Gasteiger partial charge in [-0.1, -0.05) is 18.2 Å². The molecule has 0 N–H and O–H groups in total. The summed E-state index contributed by atoms with van der Waals surface area (Å²) in [6.45, 7) is 0.947. The van der Waals surface area contributed by atoms with Crippen molar-refractivity contribution in [2.45, 2.75) is 18.2 Å². The first-order chi connectivity index (χ1) is 10.5. The van der Waals surface area contributed by atoms with E-state index in [1.165, 1.54) is 11.2 Å². The number of carbonyl (C=O) groups is 1. The number of nitrogens with zero attached hydrogens (tertiary/aromatic N) is 1. The molecule has 7 heteroatoms. The molecule has 1 aromatic carbocycles. The van der Waals surface area contributed by atoms with Crippen molar-refractivity contribution in [3.63, 3.8) is 0 Å². The van der Waals surface area contributed by atoms with Crippen molar-refractivity contribution in [1.29, 1.82) is 0 Å². The van der Waals surface area contributed by atoms with E-state index in [2.05, 4.69) is 0 Å². The van der Waals surface area contributed by atoms with Crippen molar-refractivity contribution < 1.29 is 17.9 Å². The van der Waals surface area contributed by atoms with Crippen LogP contribution < -0.4 is 4.74 Å². The minimum absolute atomic E-state index is 0.104. The molecule has 2 rings (SSSR count). The molecule has 0 radical (unpaired) electrons. The minimum atomic E-state index is -3.24. The second-order valence-corrected chi connectivity index (χ2v) is 8.56. The smallest absolute Gasteiger partial charge is 0.223 e. The standard InChI is InChI=1S/C15H21NO4S2/c1-22(18,19)15-12-21-11-9-16(15)14(17)8-5-10-20-13-6-3-2-4-7-13/h2-4,6-7,15H,5,8-12H2,1H3/t15-/m1/s1. The predicted octanol–water partition coefficient (Wildman–Crippen LogP) is 1.79. The Labute approximate surface area is 135 Å². The number of benzene rings is 1. The third-order valence-electron chi connectivity index (χ3n) is 3.45. The SMILES string of the molecule is CS(=O)(=O)[C@@H]1CSCCN1C(=O)CCCOc1ccccc1. The average Bonchev–Trinajstić information content (AvgIpc) is 2.51. The van der Waals surface area contributed by atoms with Crippen molar-refractivity contribution in [2.24, 2.45) is 0 Å². The van der Waals surface area contributed by atoms with Crippen LogP contribution in [0, 0.1) is 0 Å². The lowest BCUT2D eigenvalue weighted by atomic mass is 10.3. The number of thioether (sulfide) groups is 1. The number of sulfone groups is 1. The number of carbonyl (C=O) groups excluding carboxylic acids is 1. The summed E-state index contributed by atoms with van der Waals surface area (Å²) in [4.78, 5) is 13.8. The molecular weight excluding hydrogens is 322 g/mol. The van der Waals surface area contributed by atoms with E-state index in [0.717, 1.165) is 11.5 Å². The van der Waals surface area contributed by atoms with Crippen LogP contribution in [0.4, 0.5) is 0 Å². The zero-order chi connectivity index (χ0) is 16.0. The molecule has 1 aliphatic rings. The van der Waals surface area contributed by atoms with Crippen molar-refractivity contribution >= 4 is 27.5 Å². The van der Waals surface area contributed by atoms with Gasteiger partial charge in [-0.05, 0) is 18.6 Å². The summed E-state index contributed by atoms with van der Waals surface area (Å²) in [5, 5.41) is -0.686. The van der Waals surface area contributed by atoms with Crippen molar-refractivity contribution in [2.75, 3.05) is 30.9 Å². The zero-order valence-electron chi connectivity index (χ0n) is 12.6. The number of amides is 1. The van der Waals surface area contributed by atoms with Gasteiger partial charge in [-0.15, -0.1) is 0 Å². The molecule has 0 bridgehead atoms. The van der Waals surface area contributed by atoms with Crippen LogP contribution >= 0.6 is 11.8 Å². The Hall–Kier alpha value is -1.21. The second-order valence-electron chi connectivity index (χ2n) is 5.21. The monoisotopic (exact) mass is 343 g/mol. The first-order valence-electron chi connectivity index (χ1n) is 7.22. The molecule has 1 fully saturated rings. The van der Waals surface area contributed by atoms with Gasteiger partial charge in [-0.25, -0.2) is 8.42 Å². The molecule has 0 unspecified atom stereocenters. The van der Waals surface area contributed by atoms with Crippen LogP contribution in [-0.4, -0.2) is 55.5 Å². The van der Waals surface area contributed by atoms with E-state index >= 15 is 0 Å². The van der Waals surface area contributed by atoms with Gasteiger partial charge in [0.2, 0.25) is 5.91 Å². The maximum atomic E-state index is 12.3. The van der Waals surface area contributed by atoms with Gasteiger partial charge in [0.05, 0.1) is 6.61 Å². The maximum Gasteiger partial charge on any atom is 0.223 e. The molecule has 1 amide bonds. The number of hydrogen-bond acceptors (Lipinski definition) is 5. The molecule has 5 nitrogen and oxygen atoms in total. The summed E-state index contributed by atoms with van der Waals surface area (Å²) in [6.07, 6.45) is 2.08. The summed E-state index contributed by atoms with van der Waals surface area (Å²) in [6, 6.07) is 9.42. The van der Waals surface area contributed by atoms with Crippen molar-refractivity contribution in [1.82, 2.24) is 4.90 Å². The van der Waals surface area contributed by atoms with E-state index in [9.17, 15) is 13.2 Å². The maximum absolute atomic E-state index is 12.3. The highest BCUT2D eigenvalue weighted by molar-refractivity contribution is 8.00. The van der Waals surface area contributed by atoms with Crippen LogP contribution in [0.25, 0.3) is 0 Å². The zero-order valence-corrected chi connectivity index (χ0v) is 14.2. The van der Waals surface area contributed by atoms with Crippen molar-refractivity contribution in [3.05, 3.63) is 30.3 Å². The molecule has 1 aliphatic heterocycles. The van der Waals surface area contributed by atoms with E-state index in [1.807, 2.05) is 30.3 Å². The Bertz CT molecular complexity index is 589. The molecule has 0 saturated carbocycles. The molecule has 0 aliphatic carbocycles. The third kappa shape index (κ3) is 4.91. The van der Waals surface area contributed by atoms with E-state index in [-0.39, 0.29) is 5.91 Å². The Morgan fingerprint density at radius 1 is 1.36 bits per heavy atom. The lowest BCUT2D eigenvalue weighted by molar-refractivity contribution is -0.131. The molecule has 1 atom stereocenters. The Kier molecular flexibility index (Phi) is 6.14. The highest BCUT2D eigenvalue weighted by atomic mass is 32.2. The molecule has 1 aromatic rings. The molecule has 0 spiro atoms. The largest absolute Gasteiger partial charge is 0.494 e. The van der Waals surface area contributed by atoms with E-state index in [1.54, 1.807) is 11.8 Å². The summed E-state index contributed by atoms with van der Waals surface area (Å²) >= 11 is 1.58. The Balaban J connectivity index is 1.80. The fourth-order valence-corrected chi connectivity index (χ4v) is 5.13. The molecule has 122 valence electrons. The van der Waals surface area contributed by atoms with Gasteiger partial charge in [-0.2, -0.15) is 11.8 Å². The van der Waals surface area contributed by atoms with Gasteiger partial charge in [-0.3, -0.25) is 4.79 Å². The quantitative estimate of drug-likeness (QED) is 0.737. The fraction of sp³-hybridized carbons (Fsp3) is 0.533. The molecule has 0 aromatic heterocycles. The lowest BCUT2D eigenvalue weighted by Crippen LogP contribution is -2.49. The molecule has 1 saturated heterocycles. The number of para-hydroxylation sites is 1. The van der Waals surface area contributed by atoms with Crippen LogP contribution in [0.1, 0.15) is 12.8 Å². The highest BCUT2D eigenvalue weighted by Gasteiger charge is 2.33. The first-order valence-corrected chi connectivity index (χ1v) is 10.3. The number of hydrogen-bond donors (Lipinski definition) is 0. The second kappa shape index (κ2) is 7.87. The Morgan fingerprint density at radius 2 is 2.09 bits per heavy atom. The van der Waals surface area contributed by atoms with Crippen molar-refractivity contribution in [3.8, 4) is 5.75 Å². The van der Waals surface area contributed by atoms with Crippen LogP contribution in [0.15, 0.2) is 30.3 Å². The third-order valence-corrected chi connectivity index (χ3v) is 6.09. The van der Waals surface area contributed by atoms with Crippen LogP contribution in [0.5, 0.6) is 5.75 Å². The van der Waals surface area contributed by atoms with Crippen LogP contribution in [0.2, 0.25) is 0 Å². The molecule has 22 heavy (non-hydrogen) atoms. The van der Waals surface area contributed by atoms with Crippen LogP contribution in [-0.2, 0) is 14.6 Å². The van der Waals surface area contributed by atoms with Gasteiger partial charge in [0.15, 0.2) is 9.84 Å².